The van der Waals surface area contributed by atoms with Crippen molar-refractivity contribution >= 4 is 29.0 Å². The number of hydrogen-bond donors (Lipinski definition) is 3. The molecule has 0 bridgehead atoms. The monoisotopic (exact) mass is 298 g/mol. The van der Waals surface area contributed by atoms with Crippen molar-refractivity contribution in [3.05, 3.63) is 48.1 Å². The summed E-state index contributed by atoms with van der Waals surface area (Å²) in [6.45, 7) is 11.5. The second-order valence-electron chi connectivity index (χ2n) is 4.85. The van der Waals surface area contributed by atoms with Crippen LogP contribution in [0.2, 0.25) is 0 Å². The normalized spacial score (nSPS) is 11.3. The zero-order valence-corrected chi connectivity index (χ0v) is 13.9. The van der Waals surface area contributed by atoms with Crippen LogP contribution >= 0.6 is 0 Å². The quantitative estimate of drug-likeness (QED) is 0.525. The van der Waals surface area contributed by atoms with Crippen molar-refractivity contribution in [2.24, 2.45) is 4.99 Å². The molecule has 1 aromatic rings. The zero-order valence-electron chi connectivity index (χ0n) is 13.9. The van der Waals surface area contributed by atoms with Gasteiger partial charge < -0.3 is 16.6 Å². The number of benzene rings is 1. The topological polar surface area (TPSA) is 86.1 Å². The Balaban J connectivity index is 0.00000135. The number of aliphatic imine (C=N–C) groups is 1. The molecule has 0 aliphatic heterocycles. The molecule has 0 aromatic heterocycles. The van der Waals surface area contributed by atoms with Gasteiger partial charge in [0.05, 0.1) is 11.4 Å². The fourth-order valence-electron chi connectivity index (χ4n) is 1.53. The van der Waals surface area contributed by atoms with E-state index in [1.165, 1.54) is 18.7 Å². The summed E-state index contributed by atoms with van der Waals surface area (Å²) in [5.74, 6) is 0. The molecule has 0 aliphatic rings. The van der Waals surface area contributed by atoms with E-state index in [1.54, 1.807) is 12.1 Å². The fraction of sp³-hybridized carbons (Fsp3) is 0.278. The average molecular weight is 298 g/mol. The number of nitrogens with two attached hydrogens (primary N) is 1. The molecule has 1 aromatic carbocycles. The van der Waals surface area contributed by atoms with Gasteiger partial charge in [0.1, 0.15) is 0 Å². The Kier molecular flexibility index (Phi) is 9.11. The third kappa shape index (κ3) is 6.79. The first-order valence-corrected chi connectivity index (χ1v) is 7.24. The summed E-state index contributed by atoms with van der Waals surface area (Å²) in [5.41, 5.74) is 9.69. The Morgan fingerprint density at radius 1 is 1.36 bits per heavy atom. The highest BCUT2D eigenvalue weighted by Crippen LogP contribution is 2.21. The van der Waals surface area contributed by atoms with E-state index in [0.717, 1.165) is 11.3 Å². The predicted molar refractivity (Wildman–Crippen MR) is 99.1 cm³/mol. The summed E-state index contributed by atoms with van der Waals surface area (Å²) >= 11 is 0. The molecule has 4 N–H and O–H groups in total. The molecule has 0 radical (unpaired) electrons. The van der Waals surface area contributed by atoms with E-state index in [9.17, 15) is 0 Å². The molecular formula is C18H26N4. The van der Waals surface area contributed by atoms with Crippen LogP contribution in [0.4, 0.5) is 11.4 Å². The van der Waals surface area contributed by atoms with E-state index in [4.69, 9.17) is 16.6 Å². The third-order valence-corrected chi connectivity index (χ3v) is 2.61. The second kappa shape index (κ2) is 10.3. The maximum absolute atomic E-state index is 7.55. The number of aryl methyl sites for hydroxylation is 1. The standard InChI is InChI=1S/C15H18N4.C3H8/c1-4-13(17)8-12(9-16)11(3)19-15-6-5-14(18)7-10(15)2;1-3-2/h4-9,16-17H,1,18H2,2-3H3;3H2,1-2H3/b12-8+,16-9?,17-13?,19-11?;. The Hall–Kier alpha value is -2.49. The first-order chi connectivity index (χ1) is 10.4. The van der Waals surface area contributed by atoms with Crippen LogP contribution in [0, 0.1) is 17.7 Å². The van der Waals surface area contributed by atoms with Crippen LogP contribution in [0.5, 0.6) is 0 Å². The molecule has 4 heteroatoms. The second-order valence-corrected chi connectivity index (χ2v) is 4.85. The number of hydrogen-bond acceptors (Lipinski definition) is 4. The van der Waals surface area contributed by atoms with Crippen molar-refractivity contribution in [1.29, 1.82) is 10.8 Å². The molecule has 4 nitrogen and oxygen atoms in total. The van der Waals surface area contributed by atoms with Gasteiger partial charge in [-0.2, -0.15) is 0 Å². The molecule has 22 heavy (non-hydrogen) atoms. The Morgan fingerprint density at radius 3 is 2.41 bits per heavy atom. The summed E-state index contributed by atoms with van der Waals surface area (Å²) in [6.07, 6.45) is 5.42. The van der Waals surface area contributed by atoms with E-state index in [0.29, 0.717) is 17.0 Å². The first kappa shape index (κ1) is 19.5. The molecular weight excluding hydrogens is 272 g/mol. The van der Waals surface area contributed by atoms with Crippen molar-refractivity contribution in [3.8, 4) is 0 Å². The van der Waals surface area contributed by atoms with Gasteiger partial charge >= 0.3 is 0 Å². The van der Waals surface area contributed by atoms with Gasteiger partial charge in [-0.3, -0.25) is 4.99 Å². The molecule has 0 heterocycles. The Labute approximate surface area is 133 Å². The summed E-state index contributed by atoms with van der Waals surface area (Å²) in [6, 6.07) is 5.49. The van der Waals surface area contributed by atoms with Crippen LogP contribution < -0.4 is 5.73 Å². The summed E-state index contributed by atoms with van der Waals surface area (Å²) in [7, 11) is 0. The Morgan fingerprint density at radius 2 is 1.95 bits per heavy atom. The van der Waals surface area contributed by atoms with Crippen LogP contribution in [0.15, 0.2) is 47.5 Å². The summed E-state index contributed by atoms with van der Waals surface area (Å²) < 4.78 is 0. The lowest BCUT2D eigenvalue weighted by Crippen LogP contribution is -2.01. The Bertz CT molecular complexity index is 595. The average Bonchev–Trinajstić information content (AvgIpc) is 2.48. The fourth-order valence-corrected chi connectivity index (χ4v) is 1.53. The van der Waals surface area contributed by atoms with Gasteiger partial charge in [0, 0.05) is 23.2 Å². The van der Waals surface area contributed by atoms with Crippen LogP contribution in [-0.4, -0.2) is 17.6 Å². The smallest absolute Gasteiger partial charge is 0.0663 e. The highest BCUT2D eigenvalue weighted by atomic mass is 14.8. The molecule has 0 spiro atoms. The molecule has 0 amide bonds. The molecule has 0 unspecified atom stereocenters. The zero-order chi connectivity index (χ0) is 17.1. The number of anilines is 1. The number of rotatable bonds is 5. The lowest BCUT2D eigenvalue weighted by atomic mass is 10.1. The maximum Gasteiger partial charge on any atom is 0.0663 e. The molecule has 0 saturated heterocycles. The predicted octanol–water partition coefficient (Wildman–Crippen LogP) is 4.87. The lowest BCUT2D eigenvalue weighted by molar-refractivity contribution is 1.09. The van der Waals surface area contributed by atoms with Gasteiger partial charge in [0.25, 0.3) is 0 Å². The minimum absolute atomic E-state index is 0.252. The lowest BCUT2D eigenvalue weighted by Gasteiger charge is -2.05. The van der Waals surface area contributed by atoms with E-state index in [1.807, 2.05) is 26.0 Å². The van der Waals surface area contributed by atoms with Crippen LogP contribution in [-0.2, 0) is 0 Å². The first-order valence-electron chi connectivity index (χ1n) is 7.24. The van der Waals surface area contributed by atoms with Crippen LogP contribution in [0.3, 0.4) is 0 Å². The van der Waals surface area contributed by atoms with Gasteiger partial charge in [-0.1, -0.05) is 26.8 Å². The van der Waals surface area contributed by atoms with E-state index in [-0.39, 0.29) is 5.71 Å². The van der Waals surface area contributed by atoms with Crippen LogP contribution in [0.1, 0.15) is 32.8 Å². The number of nitrogens with one attached hydrogen (secondary N) is 2. The van der Waals surface area contributed by atoms with Crippen molar-refractivity contribution < 1.29 is 0 Å². The van der Waals surface area contributed by atoms with Gasteiger partial charge in [-0.25, -0.2) is 0 Å². The molecule has 0 atom stereocenters. The van der Waals surface area contributed by atoms with E-state index < -0.39 is 0 Å². The van der Waals surface area contributed by atoms with Gasteiger partial charge in [-0.05, 0) is 49.8 Å². The van der Waals surface area contributed by atoms with Crippen molar-refractivity contribution in [2.45, 2.75) is 34.1 Å². The molecule has 0 aliphatic carbocycles. The van der Waals surface area contributed by atoms with Crippen molar-refractivity contribution in [1.82, 2.24) is 0 Å². The molecule has 118 valence electrons. The number of nitrogens with zero attached hydrogens (tertiary/aromatic N) is 1. The van der Waals surface area contributed by atoms with Crippen molar-refractivity contribution in [2.75, 3.05) is 5.73 Å². The largest absolute Gasteiger partial charge is 0.399 e. The minimum atomic E-state index is 0.252. The minimum Gasteiger partial charge on any atom is -0.399 e. The van der Waals surface area contributed by atoms with Gasteiger partial charge in [0.15, 0.2) is 0 Å². The van der Waals surface area contributed by atoms with E-state index in [2.05, 4.69) is 25.4 Å². The van der Waals surface area contributed by atoms with E-state index >= 15 is 0 Å². The highest BCUT2D eigenvalue weighted by Gasteiger charge is 2.02. The highest BCUT2D eigenvalue weighted by molar-refractivity contribution is 6.20. The molecule has 1 rings (SSSR count). The third-order valence-electron chi connectivity index (χ3n) is 2.61. The summed E-state index contributed by atoms with van der Waals surface area (Å²) in [5, 5.41) is 14.9. The van der Waals surface area contributed by atoms with Gasteiger partial charge in [0.2, 0.25) is 0 Å². The van der Waals surface area contributed by atoms with Crippen LogP contribution in [0.25, 0.3) is 0 Å². The molecule has 0 fully saturated rings. The number of allylic oxidation sites excluding steroid dienone is 3. The molecule has 0 saturated carbocycles. The number of nitrogen functional groups attached to an aromatic ring is 1. The maximum atomic E-state index is 7.55. The summed E-state index contributed by atoms with van der Waals surface area (Å²) in [4.78, 5) is 4.47. The van der Waals surface area contributed by atoms with Crippen molar-refractivity contribution in [3.63, 3.8) is 0 Å². The SMILES string of the molecule is C=CC(=N)/C=C(\C=N)C(C)=Nc1ccc(N)cc1C.CCC. The van der Waals surface area contributed by atoms with Gasteiger partial charge in [-0.15, -0.1) is 0 Å².